The Morgan fingerprint density at radius 1 is 0.929 bits per heavy atom. The summed E-state index contributed by atoms with van der Waals surface area (Å²) >= 11 is 0. The van der Waals surface area contributed by atoms with Crippen LogP contribution < -0.4 is 0 Å². The number of hydrogen-bond acceptors (Lipinski definition) is 0. The van der Waals surface area contributed by atoms with Crippen molar-refractivity contribution in [3.8, 4) is 0 Å². The lowest BCUT2D eigenvalue weighted by atomic mass is 9.86. The second-order valence-corrected chi connectivity index (χ2v) is 4.25. The van der Waals surface area contributed by atoms with Crippen LogP contribution in [-0.2, 0) is 5.41 Å². The third-order valence-corrected chi connectivity index (χ3v) is 2.00. The van der Waals surface area contributed by atoms with Gasteiger partial charge in [0.1, 0.15) is 0 Å². The highest BCUT2D eigenvalue weighted by atomic mass is 14.2. The Labute approximate surface area is 95.4 Å². The third kappa shape index (κ3) is 1.65. The van der Waals surface area contributed by atoms with Crippen LogP contribution in [0.3, 0.4) is 0 Å². The molecule has 2 aromatic rings. The van der Waals surface area contributed by atoms with Crippen LogP contribution in [0.1, 0.15) is 35.9 Å². The van der Waals surface area contributed by atoms with E-state index in [4.69, 9.17) is 9.60 Å². The smallest absolute Gasteiger partial charge is 0.0616 e. The van der Waals surface area contributed by atoms with Gasteiger partial charge in [0.25, 0.3) is 0 Å². The average molecular weight is 191 g/mol. The molecule has 0 radical (unpaired) electrons. The molecule has 0 saturated carbocycles. The van der Waals surface area contributed by atoms with E-state index in [1.807, 2.05) is 20.8 Å². The Balaban J connectivity index is 3.19. The molecule has 0 aliphatic heterocycles. The highest BCUT2D eigenvalue weighted by Crippen LogP contribution is 2.25. The molecule has 0 nitrogen and oxygen atoms in total. The molecule has 72 valence electrons. The number of hydrogen-bond donors (Lipinski definition) is 0. The van der Waals surface area contributed by atoms with Gasteiger partial charge in [0.15, 0.2) is 0 Å². The second-order valence-electron chi connectivity index (χ2n) is 4.25. The van der Waals surface area contributed by atoms with Gasteiger partial charge in [0.05, 0.1) is 9.60 Å². The van der Waals surface area contributed by atoms with E-state index in [1.165, 1.54) is 0 Å². The van der Waals surface area contributed by atoms with Gasteiger partial charge in [-0.3, -0.25) is 0 Å². The number of rotatable bonds is 0. The molecule has 0 aromatic heterocycles. The molecule has 0 bridgehead atoms. The molecule has 0 fully saturated rings. The molecule has 2 rings (SSSR count). The molecule has 2 aromatic carbocycles. The van der Waals surface area contributed by atoms with Crippen LogP contribution in [0.25, 0.3) is 10.8 Å². The van der Waals surface area contributed by atoms with Gasteiger partial charge in [-0.15, -0.1) is 0 Å². The fourth-order valence-electron chi connectivity index (χ4n) is 1.16. The molecular formula is C14H16. The molecule has 0 aliphatic rings. The van der Waals surface area contributed by atoms with Crippen LogP contribution in [0.5, 0.6) is 0 Å². The average Bonchev–Trinajstić information content (AvgIpc) is 2.36. The summed E-state index contributed by atoms with van der Waals surface area (Å²) in [6.07, 6.45) is 0. The van der Waals surface area contributed by atoms with Crippen molar-refractivity contribution in [1.29, 1.82) is 0 Å². The van der Waals surface area contributed by atoms with Gasteiger partial charge >= 0.3 is 0 Å². The first-order valence-corrected chi connectivity index (χ1v) is 4.50. The Bertz CT molecular complexity index is 757. The Morgan fingerprint density at radius 2 is 1.57 bits per heavy atom. The highest BCUT2D eigenvalue weighted by Gasteiger charge is 2.13. The van der Waals surface area contributed by atoms with Crippen LogP contribution in [0.15, 0.2) is 42.3 Å². The van der Waals surface area contributed by atoms with Crippen molar-refractivity contribution >= 4 is 10.8 Å². The van der Waals surface area contributed by atoms with Crippen molar-refractivity contribution in [3.63, 3.8) is 0 Å². The van der Waals surface area contributed by atoms with Gasteiger partial charge in [0, 0.05) is 0 Å². The van der Waals surface area contributed by atoms with E-state index in [0.717, 1.165) is 0 Å². The summed E-state index contributed by atoms with van der Waals surface area (Å²) in [6, 6.07) is -2.04. The van der Waals surface area contributed by atoms with E-state index in [-0.39, 0.29) is 41.0 Å². The number of benzene rings is 2. The third-order valence-electron chi connectivity index (χ3n) is 2.00. The summed E-state index contributed by atoms with van der Waals surface area (Å²) in [6.45, 7) is 5.44. The van der Waals surface area contributed by atoms with Crippen molar-refractivity contribution in [2.75, 3.05) is 0 Å². The van der Waals surface area contributed by atoms with Crippen LogP contribution >= 0.6 is 0 Å². The van der Waals surface area contributed by atoms with Crippen LogP contribution in [0, 0.1) is 0 Å². The fraction of sp³-hybridized carbons (Fsp3) is 0.286. The molecule has 0 unspecified atom stereocenters. The minimum atomic E-state index is -0.561. The quantitative estimate of drug-likeness (QED) is 0.587. The van der Waals surface area contributed by atoms with Crippen LogP contribution in [0.2, 0.25) is 0 Å². The van der Waals surface area contributed by atoms with E-state index >= 15 is 0 Å². The van der Waals surface area contributed by atoms with Gasteiger partial charge in [-0.25, -0.2) is 0 Å². The monoisotopic (exact) mass is 191 g/mol. The standard InChI is InChI=1S/C14H16/c1-14(2,3)13-9-8-11-6-4-5-7-12(11)10-13/h4-10H,1-3H3/i4D,5D,6D,7D,8D,9D,10D. The molecule has 0 amide bonds. The molecule has 0 saturated heterocycles. The molecule has 0 aliphatic carbocycles. The maximum atomic E-state index is 8.29. The van der Waals surface area contributed by atoms with E-state index in [2.05, 4.69) is 0 Å². The lowest BCUT2D eigenvalue weighted by Gasteiger charge is -2.19. The minimum absolute atomic E-state index is 0.0203. The van der Waals surface area contributed by atoms with E-state index < -0.39 is 17.5 Å². The first kappa shape index (κ1) is 4.06. The van der Waals surface area contributed by atoms with Gasteiger partial charge in [-0.05, 0) is 21.8 Å². The maximum absolute atomic E-state index is 8.29. The van der Waals surface area contributed by atoms with E-state index in [1.54, 1.807) is 0 Å². The van der Waals surface area contributed by atoms with Crippen molar-refractivity contribution < 1.29 is 9.60 Å². The zero-order valence-corrected chi connectivity index (χ0v) is 8.50. The van der Waals surface area contributed by atoms with Crippen LogP contribution in [-0.4, -0.2) is 0 Å². The van der Waals surface area contributed by atoms with Crippen molar-refractivity contribution in [2.45, 2.75) is 26.2 Å². The Kier molecular flexibility index (Phi) is 0.906. The summed E-state index contributed by atoms with van der Waals surface area (Å²) in [5, 5.41) is -0.0316. The highest BCUT2D eigenvalue weighted by molar-refractivity contribution is 5.83. The predicted octanol–water partition coefficient (Wildman–Crippen LogP) is 4.14. The summed E-state index contributed by atoms with van der Waals surface area (Å²) < 4.78 is 55.8. The van der Waals surface area contributed by atoms with Crippen molar-refractivity contribution in [1.82, 2.24) is 0 Å². The topological polar surface area (TPSA) is 0 Å². The lowest BCUT2D eigenvalue weighted by molar-refractivity contribution is 0.591. The summed E-state index contributed by atoms with van der Waals surface area (Å²) in [7, 11) is 0. The molecular weight excluding hydrogens is 168 g/mol. The minimum Gasteiger partial charge on any atom is -0.0616 e. The summed E-state index contributed by atoms with van der Waals surface area (Å²) in [5.74, 6) is 0. The van der Waals surface area contributed by atoms with E-state index in [9.17, 15) is 0 Å². The summed E-state index contributed by atoms with van der Waals surface area (Å²) in [4.78, 5) is 0. The normalized spacial score (nSPS) is 18.9. The van der Waals surface area contributed by atoms with Gasteiger partial charge in [-0.1, -0.05) is 63.1 Å². The largest absolute Gasteiger partial charge is 0.0632 e. The molecule has 0 heterocycles. The van der Waals surface area contributed by atoms with Crippen molar-refractivity contribution in [3.05, 3.63) is 47.9 Å². The SMILES string of the molecule is [2H]c1c([2H])c([2H])c2c([2H])c(C(C)(C)C)c([2H])c([2H])c2c1[2H]. The Hall–Kier alpha value is -1.30. The fourth-order valence-corrected chi connectivity index (χ4v) is 1.16. The van der Waals surface area contributed by atoms with Gasteiger partial charge < -0.3 is 0 Å². The lowest BCUT2D eigenvalue weighted by Crippen LogP contribution is -2.10. The van der Waals surface area contributed by atoms with E-state index in [0.29, 0.717) is 5.56 Å². The Morgan fingerprint density at radius 3 is 2.21 bits per heavy atom. The first-order chi connectivity index (χ1) is 9.50. The van der Waals surface area contributed by atoms with Crippen LogP contribution in [0.4, 0.5) is 0 Å². The summed E-state index contributed by atoms with van der Waals surface area (Å²) in [5.41, 5.74) is -0.237. The van der Waals surface area contributed by atoms with Gasteiger partial charge in [-0.2, -0.15) is 0 Å². The molecule has 0 spiro atoms. The van der Waals surface area contributed by atoms with Crippen molar-refractivity contribution in [2.24, 2.45) is 0 Å². The molecule has 0 heteroatoms. The zero-order chi connectivity index (χ0) is 16.3. The second kappa shape index (κ2) is 3.13. The maximum Gasteiger partial charge on any atom is 0.0632 e. The zero-order valence-electron chi connectivity index (χ0n) is 15.5. The molecule has 14 heavy (non-hydrogen) atoms. The first-order valence-electron chi connectivity index (χ1n) is 8.00. The van der Waals surface area contributed by atoms with Gasteiger partial charge in [0.2, 0.25) is 0 Å². The predicted molar refractivity (Wildman–Crippen MR) is 62.6 cm³/mol. The molecule has 0 N–H and O–H groups in total. The molecule has 0 atom stereocenters. The number of fused-ring (bicyclic) bond motifs is 1.